The number of pyridine rings is 1. The summed E-state index contributed by atoms with van der Waals surface area (Å²) in [5, 5.41) is 6.68. The number of anilines is 1. The van der Waals surface area contributed by atoms with Gasteiger partial charge in [-0.1, -0.05) is 0 Å². The predicted octanol–water partition coefficient (Wildman–Crippen LogP) is 2.14. The minimum atomic E-state index is -0.0782. The normalized spacial score (nSPS) is 18.6. The summed E-state index contributed by atoms with van der Waals surface area (Å²) in [7, 11) is 0. The minimum absolute atomic E-state index is 0.0782. The Morgan fingerprint density at radius 2 is 2.44 bits per heavy atom. The van der Waals surface area contributed by atoms with Crippen molar-refractivity contribution in [1.29, 1.82) is 0 Å². The fourth-order valence-corrected chi connectivity index (χ4v) is 3.14. The van der Waals surface area contributed by atoms with E-state index in [4.69, 9.17) is 0 Å². The molecule has 1 atom stereocenters. The molecule has 2 rings (SSSR count). The first-order valence-corrected chi connectivity index (χ1v) is 7.44. The molecular weight excluding hydrogens is 246 g/mol. The average molecular weight is 265 g/mol. The second-order valence-electron chi connectivity index (χ2n) is 4.31. The van der Waals surface area contributed by atoms with Gasteiger partial charge >= 0.3 is 0 Å². The minimum Gasteiger partial charge on any atom is -0.384 e. The Kier molecular flexibility index (Phi) is 4.87. The number of hydrogen-bond acceptors (Lipinski definition) is 4. The van der Waals surface area contributed by atoms with Crippen molar-refractivity contribution in [3.63, 3.8) is 0 Å². The molecule has 1 fully saturated rings. The largest absolute Gasteiger partial charge is 0.384 e. The molecule has 98 valence electrons. The molecule has 0 spiro atoms. The summed E-state index contributed by atoms with van der Waals surface area (Å²) in [6.07, 6.45) is 4.17. The maximum absolute atomic E-state index is 11.9. The lowest BCUT2D eigenvalue weighted by Crippen LogP contribution is -2.30. The molecule has 1 amide bonds. The maximum Gasteiger partial charge on any atom is 0.269 e. The predicted molar refractivity (Wildman–Crippen MR) is 76.2 cm³/mol. The van der Waals surface area contributed by atoms with Gasteiger partial charge in [-0.15, -0.1) is 0 Å². The number of thioether (sulfide) groups is 1. The number of nitrogens with one attached hydrogen (secondary N) is 2. The Morgan fingerprint density at radius 3 is 3.06 bits per heavy atom. The molecule has 2 heterocycles. The lowest BCUT2D eigenvalue weighted by Gasteiger charge is -2.10. The fourth-order valence-electron chi connectivity index (χ4n) is 1.94. The first-order chi connectivity index (χ1) is 8.79. The quantitative estimate of drug-likeness (QED) is 0.856. The molecule has 0 saturated carbocycles. The van der Waals surface area contributed by atoms with Gasteiger partial charge in [-0.2, -0.15) is 11.8 Å². The number of nitrogens with zero attached hydrogens (tertiary/aromatic N) is 1. The molecule has 5 heteroatoms. The number of rotatable bonds is 5. The molecule has 1 unspecified atom stereocenters. The van der Waals surface area contributed by atoms with Crippen LogP contribution in [0.15, 0.2) is 18.3 Å². The number of amides is 1. The van der Waals surface area contributed by atoms with Crippen LogP contribution in [0, 0.1) is 0 Å². The Morgan fingerprint density at radius 1 is 1.56 bits per heavy atom. The lowest BCUT2D eigenvalue weighted by molar-refractivity contribution is 0.0949. The van der Waals surface area contributed by atoms with Crippen molar-refractivity contribution in [1.82, 2.24) is 10.3 Å². The lowest BCUT2D eigenvalue weighted by atomic mass is 10.2. The summed E-state index contributed by atoms with van der Waals surface area (Å²) in [5.74, 6) is 1.14. The fraction of sp³-hybridized carbons (Fsp3) is 0.538. The Labute approximate surface area is 112 Å². The second-order valence-corrected chi connectivity index (χ2v) is 5.72. The van der Waals surface area contributed by atoms with Crippen molar-refractivity contribution in [2.45, 2.75) is 25.0 Å². The zero-order valence-corrected chi connectivity index (χ0v) is 11.4. The maximum atomic E-state index is 11.9. The summed E-state index contributed by atoms with van der Waals surface area (Å²) in [4.78, 5) is 16.0. The van der Waals surface area contributed by atoms with Gasteiger partial charge in [0.2, 0.25) is 0 Å². The van der Waals surface area contributed by atoms with Crippen LogP contribution in [-0.2, 0) is 0 Å². The summed E-state index contributed by atoms with van der Waals surface area (Å²) in [6, 6.07) is 3.64. The van der Waals surface area contributed by atoms with Gasteiger partial charge < -0.3 is 10.6 Å². The van der Waals surface area contributed by atoms with E-state index >= 15 is 0 Å². The molecule has 0 aliphatic carbocycles. The van der Waals surface area contributed by atoms with Crippen molar-refractivity contribution >= 4 is 23.4 Å². The zero-order chi connectivity index (χ0) is 12.8. The van der Waals surface area contributed by atoms with Crippen molar-refractivity contribution < 1.29 is 4.79 Å². The van der Waals surface area contributed by atoms with Crippen molar-refractivity contribution in [3.8, 4) is 0 Å². The summed E-state index contributed by atoms with van der Waals surface area (Å²) >= 11 is 1.94. The van der Waals surface area contributed by atoms with E-state index in [2.05, 4.69) is 15.6 Å². The Balaban J connectivity index is 1.83. The topological polar surface area (TPSA) is 54.0 Å². The summed E-state index contributed by atoms with van der Waals surface area (Å²) in [6.45, 7) is 3.63. The van der Waals surface area contributed by atoms with Crippen LogP contribution < -0.4 is 10.6 Å². The zero-order valence-electron chi connectivity index (χ0n) is 10.6. The van der Waals surface area contributed by atoms with E-state index in [-0.39, 0.29) is 5.91 Å². The number of carbonyl (C=O) groups is 1. The molecule has 1 aliphatic rings. The van der Waals surface area contributed by atoms with E-state index in [1.165, 1.54) is 18.6 Å². The van der Waals surface area contributed by atoms with Crippen molar-refractivity contribution in [3.05, 3.63) is 24.0 Å². The van der Waals surface area contributed by atoms with Crippen LogP contribution in [0.2, 0.25) is 0 Å². The van der Waals surface area contributed by atoms with Crippen LogP contribution >= 0.6 is 11.8 Å². The number of aromatic nitrogens is 1. The second kappa shape index (κ2) is 6.64. The van der Waals surface area contributed by atoms with E-state index in [9.17, 15) is 4.79 Å². The van der Waals surface area contributed by atoms with Crippen LogP contribution in [-0.4, -0.2) is 35.0 Å². The van der Waals surface area contributed by atoms with E-state index in [0.29, 0.717) is 10.9 Å². The van der Waals surface area contributed by atoms with Crippen molar-refractivity contribution in [2.24, 2.45) is 0 Å². The van der Waals surface area contributed by atoms with E-state index in [1.54, 1.807) is 12.3 Å². The molecule has 18 heavy (non-hydrogen) atoms. The monoisotopic (exact) mass is 265 g/mol. The van der Waals surface area contributed by atoms with E-state index in [1.807, 2.05) is 24.8 Å². The van der Waals surface area contributed by atoms with Crippen LogP contribution in [0.4, 0.5) is 5.69 Å². The van der Waals surface area contributed by atoms with Crippen LogP contribution in [0.1, 0.15) is 30.3 Å². The van der Waals surface area contributed by atoms with Crippen LogP contribution in [0.3, 0.4) is 0 Å². The summed E-state index contributed by atoms with van der Waals surface area (Å²) < 4.78 is 0. The highest BCUT2D eigenvalue weighted by molar-refractivity contribution is 8.00. The highest BCUT2D eigenvalue weighted by Gasteiger charge is 2.16. The van der Waals surface area contributed by atoms with Gasteiger partial charge in [0, 0.05) is 18.3 Å². The Hall–Kier alpha value is -1.23. The molecule has 4 nitrogen and oxygen atoms in total. The third-order valence-corrected chi connectivity index (χ3v) is 4.29. The molecule has 1 saturated heterocycles. The molecule has 1 aromatic rings. The molecule has 0 bridgehead atoms. The van der Waals surface area contributed by atoms with Crippen LogP contribution in [0.5, 0.6) is 0 Å². The van der Waals surface area contributed by atoms with Gasteiger partial charge in [0.05, 0.1) is 11.9 Å². The molecule has 2 N–H and O–H groups in total. The van der Waals surface area contributed by atoms with Gasteiger partial charge in [-0.3, -0.25) is 4.79 Å². The molecule has 0 aromatic carbocycles. The third-order valence-electron chi connectivity index (χ3n) is 2.89. The SMILES string of the molecule is CCNc1ccc(C(=O)NCC2CCCS2)nc1. The molecule has 0 radical (unpaired) electrons. The first-order valence-electron chi connectivity index (χ1n) is 6.39. The van der Waals surface area contributed by atoms with Gasteiger partial charge in [0.15, 0.2) is 0 Å². The van der Waals surface area contributed by atoms with Gasteiger partial charge in [0.1, 0.15) is 5.69 Å². The van der Waals surface area contributed by atoms with Crippen molar-refractivity contribution in [2.75, 3.05) is 24.2 Å². The summed E-state index contributed by atoms with van der Waals surface area (Å²) in [5.41, 5.74) is 1.43. The average Bonchev–Trinajstić information content (AvgIpc) is 2.90. The molecular formula is C13H19N3OS. The van der Waals surface area contributed by atoms with Gasteiger partial charge in [-0.05, 0) is 37.7 Å². The first kappa shape index (κ1) is 13.2. The van der Waals surface area contributed by atoms with Gasteiger partial charge in [0.25, 0.3) is 5.91 Å². The van der Waals surface area contributed by atoms with E-state index < -0.39 is 0 Å². The highest BCUT2D eigenvalue weighted by Crippen LogP contribution is 2.25. The van der Waals surface area contributed by atoms with E-state index in [0.717, 1.165) is 18.8 Å². The number of carbonyl (C=O) groups excluding carboxylic acids is 1. The molecule has 1 aliphatic heterocycles. The van der Waals surface area contributed by atoms with Gasteiger partial charge in [-0.25, -0.2) is 4.98 Å². The smallest absolute Gasteiger partial charge is 0.269 e. The molecule has 1 aromatic heterocycles. The number of hydrogen-bond donors (Lipinski definition) is 2. The Bertz CT molecular complexity index is 388. The highest BCUT2D eigenvalue weighted by atomic mass is 32.2. The standard InChI is InChI=1S/C13H19N3OS/c1-2-14-10-5-6-12(15-8-10)13(17)16-9-11-4-3-7-18-11/h5-6,8,11,14H,2-4,7,9H2,1H3,(H,16,17). The third kappa shape index (κ3) is 3.63. The van der Waals surface area contributed by atoms with Crippen LogP contribution in [0.25, 0.3) is 0 Å².